The Morgan fingerprint density at radius 1 is 1.25 bits per heavy atom. The molecule has 0 spiro atoms. The fraction of sp³-hybridized carbons (Fsp3) is 0.556. The average molecular weight is 335 g/mol. The van der Waals surface area contributed by atoms with Gasteiger partial charge in [-0.25, -0.2) is 9.59 Å². The summed E-state index contributed by atoms with van der Waals surface area (Å²) in [5.41, 5.74) is 1.36. The van der Waals surface area contributed by atoms with Crippen molar-refractivity contribution >= 4 is 12.1 Å². The molecule has 1 aromatic rings. The number of amides is 1. The maximum atomic E-state index is 12.3. The van der Waals surface area contributed by atoms with E-state index in [1.165, 1.54) is 4.90 Å². The van der Waals surface area contributed by atoms with Crippen LogP contribution in [0.15, 0.2) is 18.2 Å². The van der Waals surface area contributed by atoms with Crippen LogP contribution in [0.2, 0.25) is 0 Å². The van der Waals surface area contributed by atoms with E-state index in [0.717, 1.165) is 16.9 Å². The number of likely N-dealkylation sites (tertiary alicyclic amines) is 1. The zero-order valence-electron chi connectivity index (χ0n) is 14.8. The molecule has 2 rings (SSSR count). The number of hydrogen-bond acceptors (Lipinski definition) is 4. The van der Waals surface area contributed by atoms with Crippen LogP contribution in [0.4, 0.5) is 4.79 Å². The van der Waals surface area contributed by atoms with Gasteiger partial charge in [0, 0.05) is 6.42 Å². The minimum atomic E-state index is -1.05. The molecule has 1 aliphatic heterocycles. The Hall–Kier alpha value is -2.24. The molecule has 132 valence electrons. The van der Waals surface area contributed by atoms with Crippen molar-refractivity contribution in [3.63, 3.8) is 0 Å². The second kappa shape index (κ2) is 6.71. The number of rotatable bonds is 3. The predicted octanol–water partition coefficient (Wildman–Crippen LogP) is 3.14. The van der Waals surface area contributed by atoms with Crippen LogP contribution >= 0.6 is 0 Å². The van der Waals surface area contributed by atoms with Crippen LogP contribution in [-0.4, -0.2) is 46.4 Å². The lowest BCUT2D eigenvalue weighted by molar-refractivity contribution is -0.142. The van der Waals surface area contributed by atoms with Gasteiger partial charge in [0.15, 0.2) is 0 Å². The summed E-state index contributed by atoms with van der Waals surface area (Å²) >= 11 is 0. The molecule has 0 aromatic heterocycles. The van der Waals surface area contributed by atoms with E-state index >= 15 is 0 Å². The quantitative estimate of drug-likeness (QED) is 0.918. The van der Waals surface area contributed by atoms with Gasteiger partial charge in [-0.2, -0.15) is 0 Å². The smallest absolute Gasteiger partial charge is 0.411 e. The van der Waals surface area contributed by atoms with Crippen LogP contribution in [0.5, 0.6) is 5.75 Å². The molecule has 1 amide bonds. The zero-order valence-corrected chi connectivity index (χ0v) is 14.8. The Morgan fingerprint density at radius 3 is 2.50 bits per heavy atom. The van der Waals surface area contributed by atoms with Crippen molar-refractivity contribution in [3.8, 4) is 5.75 Å². The largest absolute Gasteiger partial charge is 0.488 e. The van der Waals surface area contributed by atoms with Gasteiger partial charge in [0.2, 0.25) is 0 Å². The first-order valence-electron chi connectivity index (χ1n) is 8.03. The summed E-state index contributed by atoms with van der Waals surface area (Å²) in [7, 11) is 0. The van der Waals surface area contributed by atoms with Crippen LogP contribution in [0.3, 0.4) is 0 Å². The highest BCUT2D eigenvalue weighted by molar-refractivity contribution is 5.81. The number of aliphatic carboxylic acids is 1. The SMILES string of the molecule is Cc1ccc(C)c(OC2CC(C(=O)O)N(C(=O)OC(C)(C)C)C2)c1. The Morgan fingerprint density at radius 2 is 1.92 bits per heavy atom. The molecule has 1 saturated heterocycles. The van der Waals surface area contributed by atoms with E-state index in [0.29, 0.717) is 0 Å². The van der Waals surface area contributed by atoms with Crippen LogP contribution in [0, 0.1) is 13.8 Å². The molecule has 2 atom stereocenters. The second-order valence-electron chi connectivity index (χ2n) is 7.23. The summed E-state index contributed by atoms with van der Waals surface area (Å²) in [6, 6.07) is 4.93. The second-order valence-corrected chi connectivity index (χ2v) is 7.23. The number of carboxylic acid groups (broad SMARTS) is 1. The average Bonchev–Trinajstić information content (AvgIpc) is 2.85. The number of carbonyl (C=O) groups excluding carboxylic acids is 1. The monoisotopic (exact) mass is 335 g/mol. The van der Waals surface area contributed by atoms with Gasteiger partial charge in [-0.1, -0.05) is 12.1 Å². The molecule has 1 fully saturated rings. The molecule has 1 N–H and O–H groups in total. The summed E-state index contributed by atoms with van der Waals surface area (Å²) in [6.07, 6.45) is -0.761. The van der Waals surface area contributed by atoms with Crippen LogP contribution in [0.1, 0.15) is 38.3 Å². The number of carbonyl (C=O) groups is 2. The van der Waals surface area contributed by atoms with Crippen LogP contribution in [0.25, 0.3) is 0 Å². The van der Waals surface area contributed by atoms with Crippen molar-refractivity contribution < 1.29 is 24.2 Å². The van der Waals surface area contributed by atoms with Gasteiger partial charge >= 0.3 is 12.1 Å². The highest BCUT2D eigenvalue weighted by Crippen LogP contribution is 2.27. The molecule has 2 unspecified atom stereocenters. The Bertz CT molecular complexity index is 635. The van der Waals surface area contributed by atoms with Crippen molar-refractivity contribution in [3.05, 3.63) is 29.3 Å². The molecule has 0 bridgehead atoms. The van der Waals surface area contributed by atoms with E-state index in [1.807, 2.05) is 32.0 Å². The Balaban J connectivity index is 2.13. The minimum Gasteiger partial charge on any atom is -0.488 e. The molecule has 6 heteroatoms. The molecule has 1 aliphatic rings. The molecule has 24 heavy (non-hydrogen) atoms. The molecule has 1 heterocycles. The summed E-state index contributed by atoms with van der Waals surface area (Å²) in [4.78, 5) is 25.0. The molecule has 0 radical (unpaired) electrons. The molecular weight excluding hydrogens is 310 g/mol. The van der Waals surface area contributed by atoms with E-state index in [4.69, 9.17) is 9.47 Å². The summed E-state index contributed by atoms with van der Waals surface area (Å²) in [5.74, 6) is -0.330. The lowest BCUT2D eigenvalue weighted by Crippen LogP contribution is -2.43. The molecule has 0 saturated carbocycles. The summed E-state index contributed by atoms with van der Waals surface area (Å²) < 4.78 is 11.3. The maximum Gasteiger partial charge on any atom is 0.411 e. The number of hydrogen-bond donors (Lipinski definition) is 1. The van der Waals surface area contributed by atoms with Crippen molar-refractivity contribution in [1.29, 1.82) is 0 Å². The van der Waals surface area contributed by atoms with Gasteiger partial charge in [-0.15, -0.1) is 0 Å². The van der Waals surface area contributed by atoms with Crippen molar-refractivity contribution in [1.82, 2.24) is 4.90 Å². The van der Waals surface area contributed by atoms with Gasteiger partial charge < -0.3 is 14.6 Å². The summed E-state index contributed by atoms with van der Waals surface area (Å²) in [5, 5.41) is 9.41. The number of ether oxygens (including phenoxy) is 2. The van der Waals surface area contributed by atoms with Crippen LogP contribution in [-0.2, 0) is 9.53 Å². The fourth-order valence-corrected chi connectivity index (χ4v) is 2.65. The standard InChI is InChI=1S/C18H25NO5/c1-11-6-7-12(2)15(8-11)23-13-9-14(16(20)21)19(10-13)17(22)24-18(3,4)5/h6-8,13-14H,9-10H2,1-5H3,(H,20,21). The van der Waals surface area contributed by atoms with E-state index in [1.54, 1.807) is 20.8 Å². The maximum absolute atomic E-state index is 12.3. The highest BCUT2D eigenvalue weighted by atomic mass is 16.6. The van der Waals surface area contributed by atoms with E-state index in [2.05, 4.69) is 0 Å². The van der Waals surface area contributed by atoms with Gasteiger partial charge in [-0.05, 0) is 51.8 Å². The van der Waals surface area contributed by atoms with E-state index < -0.39 is 23.7 Å². The lowest BCUT2D eigenvalue weighted by Gasteiger charge is -2.26. The number of nitrogens with zero attached hydrogens (tertiary/aromatic N) is 1. The molecular formula is C18H25NO5. The zero-order chi connectivity index (χ0) is 18.1. The third-order valence-electron chi connectivity index (χ3n) is 3.81. The Labute approximate surface area is 142 Å². The third kappa shape index (κ3) is 4.40. The van der Waals surface area contributed by atoms with Gasteiger partial charge in [0.1, 0.15) is 23.5 Å². The van der Waals surface area contributed by atoms with Crippen molar-refractivity contribution in [2.24, 2.45) is 0 Å². The van der Waals surface area contributed by atoms with Crippen LogP contribution < -0.4 is 4.74 Å². The highest BCUT2D eigenvalue weighted by Gasteiger charge is 2.42. The minimum absolute atomic E-state index is 0.194. The van der Waals surface area contributed by atoms with E-state index in [-0.39, 0.29) is 19.1 Å². The first kappa shape index (κ1) is 18.1. The normalized spacial score (nSPS) is 20.8. The Kier molecular flexibility index (Phi) is 5.06. The predicted molar refractivity (Wildman–Crippen MR) is 89.3 cm³/mol. The first-order chi connectivity index (χ1) is 11.1. The lowest BCUT2D eigenvalue weighted by atomic mass is 10.1. The molecule has 0 aliphatic carbocycles. The first-order valence-corrected chi connectivity index (χ1v) is 8.03. The summed E-state index contributed by atoms with van der Waals surface area (Å²) in [6.45, 7) is 9.35. The van der Waals surface area contributed by atoms with Gasteiger partial charge in [0.05, 0.1) is 6.54 Å². The number of carboxylic acids is 1. The third-order valence-corrected chi connectivity index (χ3v) is 3.81. The topological polar surface area (TPSA) is 76.1 Å². The van der Waals surface area contributed by atoms with Crippen molar-refractivity contribution in [2.45, 2.75) is 58.8 Å². The number of benzene rings is 1. The van der Waals surface area contributed by atoms with Gasteiger partial charge in [-0.3, -0.25) is 4.90 Å². The van der Waals surface area contributed by atoms with Crippen molar-refractivity contribution in [2.75, 3.05) is 6.54 Å². The van der Waals surface area contributed by atoms with E-state index in [9.17, 15) is 14.7 Å². The van der Waals surface area contributed by atoms with Gasteiger partial charge in [0.25, 0.3) is 0 Å². The number of aryl methyl sites for hydroxylation is 2. The molecule has 1 aromatic carbocycles. The fourth-order valence-electron chi connectivity index (χ4n) is 2.65. The molecule has 6 nitrogen and oxygen atoms in total.